The van der Waals surface area contributed by atoms with E-state index < -0.39 is 0 Å². The second-order valence-electron chi connectivity index (χ2n) is 10.1. The lowest BCUT2D eigenvalue weighted by molar-refractivity contribution is -0.122. The first-order chi connectivity index (χ1) is 16.3. The molecule has 6 heteroatoms. The Morgan fingerprint density at radius 1 is 1.18 bits per heavy atom. The summed E-state index contributed by atoms with van der Waals surface area (Å²) in [7, 11) is 1.71. The molecule has 178 valence electrons. The molecule has 1 fully saturated rings. The van der Waals surface area contributed by atoms with Crippen LogP contribution in [0.5, 0.6) is 0 Å². The van der Waals surface area contributed by atoms with Crippen LogP contribution in [0.4, 0.5) is 0 Å². The molecule has 0 unspecified atom stereocenters. The van der Waals surface area contributed by atoms with Gasteiger partial charge in [-0.15, -0.1) is 0 Å². The van der Waals surface area contributed by atoms with E-state index in [4.69, 9.17) is 4.98 Å². The van der Waals surface area contributed by atoms with E-state index in [0.717, 1.165) is 37.3 Å². The predicted molar refractivity (Wildman–Crippen MR) is 139 cm³/mol. The third kappa shape index (κ3) is 4.11. The van der Waals surface area contributed by atoms with Gasteiger partial charge in [-0.3, -0.25) is 9.69 Å². The van der Waals surface area contributed by atoms with E-state index in [-0.39, 0.29) is 5.91 Å². The summed E-state index contributed by atoms with van der Waals surface area (Å²) < 4.78 is 2.16. The predicted octanol–water partition coefficient (Wildman–Crippen LogP) is 5.15. The number of aryl methyl sites for hydroxylation is 2. The van der Waals surface area contributed by atoms with Gasteiger partial charge in [-0.25, -0.2) is 4.98 Å². The Balaban J connectivity index is 1.49. The van der Waals surface area contributed by atoms with Crippen molar-refractivity contribution in [3.63, 3.8) is 0 Å². The molecule has 3 aromatic heterocycles. The lowest BCUT2D eigenvalue weighted by atomic mass is 9.87. The number of carbonyl (C=O) groups excluding carboxylic acids is 1. The Morgan fingerprint density at radius 3 is 2.65 bits per heavy atom. The van der Waals surface area contributed by atoms with Crippen LogP contribution in [0.1, 0.15) is 61.0 Å². The van der Waals surface area contributed by atoms with E-state index in [1.807, 2.05) is 6.92 Å². The molecule has 0 aliphatic carbocycles. The van der Waals surface area contributed by atoms with Gasteiger partial charge in [0.25, 0.3) is 0 Å². The van der Waals surface area contributed by atoms with Crippen LogP contribution in [-0.4, -0.2) is 51.9 Å². The average molecular weight is 458 g/mol. The number of hydrogen-bond donors (Lipinski definition) is 2. The number of aromatic nitrogens is 3. The monoisotopic (exact) mass is 457 g/mol. The Bertz CT molecular complexity index is 1350. The maximum Gasteiger partial charge on any atom is 0.233 e. The molecule has 2 N–H and O–H groups in total. The molecule has 4 aromatic rings. The van der Waals surface area contributed by atoms with Crippen LogP contribution in [0.3, 0.4) is 0 Å². The van der Waals surface area contributed by atoms with Gasteiger partial charge >= 0.3 is 0 Å². The fourth-order valence-electron chi connectivity index (χ4n) is 5.54. The van der Waals surface area contributed by atoms with Crippen LogP contribution in [0.2, 0.25) is 0 Å². The molecular formula is C28H35N5O. The highest BCUT2D eigenvalue weighted by molar-refractivity contribution is 5.92. The first-order valence-electron chi connectivity index (χ1n) is 12.4. The van der Waals surface area contributed by atoms with Crippen molar-refractivity contribution in [2.24, 2.45) is 0 Å². The van der Waals surface area contributed by atoms with Crippen LogP contribution >= 0.6 is 0 Å². The molecule has 1 aromatic carbocycles. The number of rotatable bonds is 5. The fraction of sp³-hybridized carbons (Fsp3) is 0.429. The number of imidazole rings is 1. The van der Waals surface area contributed by atoms with Gasteiger partial charge in [0.05, 0.1) is 17.9 Å². The molecule has 1 amide bonds. The molecule has 34 heavy (non-hydrogen) atoms. The highest BCUT2D eigenvalue weighted by atomic mass is 16.1. The van der Waals surface area contributed by atoms with Gasteiger partial charge in [-0.05, 0) is 87.0 Å². The third-order valence-corrected chi connectivity index (χ3v) is 7.32. The molecular weight excluding hydrogens is 422 g/mol. The van der Waals surface area contributed by atoms with Crippen molar-refractivity contribution in [2.45, 2.75) is 52.4 Å². The number of fused-ring (bicyclic) bond motifs is 2. The number of nitrogens with one attached hydrogen (secondary N) is 2. The number of aromatic amines is 1. The highest BCUT2D eigenvalue weighted by Crippen LogP contribution is 2.38. The molecule has 5 rings (SSSR count). The first kappa shape index (κ1) is 22.7. The van der Waals surface area contributed by atoms with Crippen molar-refractivity contribution in [1.29, 1.82) is 0 Å². The Labute approximate surface area is 201 Å². The minimum Gasteiger partial charge on any atom is -0.358 e. The molecule has 4 heterocycles. The average Bonchev–Trinajstić information content (AvgIpc) is 3.39. The van der Waals surface area contributed by atoms with Crippen molar-refractivity contribution in [3.8, 4) is 11.3 Å². The minimum absolute atomic E-state index is 0.0974. The van der Waals surface area contributed by atoms with E-state index in [1.54, 1.807) is 7.05 Å². The lowest BCUT2D eigenvalue weighted by Gasteiger charge is -2.31. The molecule has 1 saturated heterocycles. The Kier molecular flexibility index (Phi) is 5.94. The normalized spacial score (nSPS) is 15.6. The van der Waals surface area contributed by atoms with Crippen LogP contribution in [-0.2, 0) is 4.79 Å². The van der Waals surface area contributed by atoms with Crippen molar-refractivity contribution < 1.29 is 4.79 Å². The fourth-order valence-corrected chi connectivity index (χ4v) is 5.54. The molecule has 0 saturated carbocycles. The van der Waals surface area contributed by atoms with Gasteiger partial charge in [-0.1, -0.05) is 19.9 Å². The number of likely N-dealkylation sites (N-methyl/N-ethyl adjacent to an activating group) is 1. The number of H-pyrrole nitrogens is 1. The standard InChI is InChI=1S/C28H35N5O/c1-17(2)27-23-13-21(20-8-10-32(11-9-20)16-26(34)29-5)6-7-24(23)31-28(27)22-12-19(4)33-15-18(3)30-25(33)14-22/h6-7,12-15,17,20,31H,8-11,16H2,1-5H3,(H,29,34). The van der Waals surface area contributed by atoms with Crippen molar-refractivity contribution in [2.75, 3.05) is 26.7 Å². The van der Waals surface area contributed by atoms with Crippen LogP contribution < -0.4 is 5.32 Å². The summed E-state index contributed by atoms with van der Waals surface area (Å²) in [6.07, 6.45) is 4.27. The van der Waals surface area contributed by atoms with Gasteiger partial charge in [0, 0.05) is 35.4 Å². The first-order valence-corrected chi connectivity index (χ1v) is 12.4. The van der Waals surface area contributed by atoms with Crippen LogP contribution in [0.15, 0.2) is 36.5 Å². The molecule has 6 nitrogen and oxygen atoms in total. The molecule has 0 bridgehead atoms. The number of nitrogens with zero attached hydrogens (tertiary/aromatic N) is 3. The topological polar surface area (TPSA) is 65.4 Å². The van der Waals surface area contributed by atoms with E-state index in [2.05, 4.69) is 76.9 Å². The summed E-state index contributed by atoms with van der Waals surface area (Å²) in [6.45, 7) is 11.2. The third-order valence-electron chi connectivity index (χ3n) is 7.32. The number of likely N-dealkylation sites (tertiary alicyclic amines) is 1. The smallest absolute Gasteiger partial charge is 0.233 e. The summed E-state index contributed by atoms with van der Waals surface area (Å²) in [5, 5.41) is 4.06. The van der Waals surface area contributed by atoms with E-state index >= 15 is 0 Å². The molecule has 0 radical (unpaired) electrons. The number of benzene rings is 1. The number of piperidine rings is 1. The molecule has 1 aliphatic rings. The SMILES string of the molecule is CNC(=O)CN1CCC(c2ccc3[nH]c(-c4cc(C)n5cc(C)nc5c4)c(C(C)C)c3c2)CC1. The Morgan fingerprint density at radius 2 is 1.94 bits per heavy atom. The second kappa shape index (κ2) is 8.91. The largest absolute Gasteiger partial charge is 0.358 e. The highest BCUT2D eigenvalue weighted by Gasteiger charge is 2.24. The lowest BCUT2D eigenvalue weighted by Crippen LogP contribution is -2.40. The van der Waals surface area contributed by atoms with Crippen LogP contribution in [0.25, 0.3) is 27.8 Å². The Hall–Kier alpha value is -3.12. The summed E-state index contributed by atoms with van der Waals surface area (Å²) >= 11 is 0. The summed E-state index contributed by atoms with van der Waals surface area (Å²) in [4.78, 5) is 22.4. The van der Waals surface area contributed by atoms with Gasteiger partial charge < -0.3 is 14.7 Å². The van der Waals surface area contributed by atoms with Crippen LogP contribution in [0, 0.1) is 13.8 Å². The van der Waals surface area contributed by atoms with Gasteiger partial charge in [0.2, 0.25) is 5.91 Å². The maximum absolute atomic E-state index is 11.7. The molecule has 0 spiro atoms. The van der Waals surface area contributed by atoms with E-state index in [9.17, 15) is 4.79 Å². The van der Waals surface area contributed by atoms with Crippen molar-refractivity contribution in [3.05, 3.63) is 59.0 Å². The molecule has 1 aliphatic heterocycles. The number of amides is 1. The van der Waals surface area contributed by atoms with Gasteiger partial charge in [-0.2, -0.15) is 0 Å². The molecule has 0 atom stereocenters. The summed E-state index contributed by atoms with van der Waals surface area (Å²) in [6, 6.07) is 11.4. The van der Waals surface area contributed by atoms with Gasteiger partial charge in [0.15, 0.2) is 0 Å². The minimum atomic E-state index is 0.0974. The zero-order chi connectivity index (χ0) is 24.0. The number of hydrogen-bond acceptors (Lipinski definition) is 3. The number of carbonyl (C=O) groups is 1. The zero-order valence-electron chi connectivity index (χ0n) is 20.9. The zero-order valence-corrected chi connectivity index (χ0v) is 20.9. The second-order valence-corrected chi connectivity index (χ2v) is 10.1. The summed E-state index contributed by atoms with van der Waals surface area (Å²) in [5.74, 6) is 1.03. The van der Waals surface area contributed by atoms with E-state index in [1.165, 1.54) is 39.0 Å². The van der Waals surface area contributed by atoms with E-state index in [0.29, 0.717) is 18.4 Å². The number of pyridine rings is 1. The van der Waals surface area contributed by atoms with Gasteiger partial charge in [0.1, 0.15) is 5.65 Å². The maximum atomic E-state index is 11.7. The van der Waals surface area contributed by atoms with Crippen molar-refractivity contribution in [1.82, 2.24) is 24.6 Å². The van der Waals surface area contributed by atoms with Crippen molar-refractivity contribution >= 4 is 22.5 Å². The summed E-state index contributed by atoms with van der Waals surface area (Å²) in [5.41, 5.74) is 9.59. The quantitative estimate of drug-likeness (QED) is 0.436.